The van der Waals surface area contributed by atoms with E-state index < -0.39 is 11.5 Å². The van der Waals surface area contributed by atoms with Gasteiger partial charge in [-0.2, -0.15) is 4.98 Å². The average Bonchev–Trinajstić information content (AvgIpc) is 2.95. The third-order valence-electron chi connectivity index (χ3n) is 7.73. The summed E-state index contributed by atoms with van der Waals surface area (Å²) in [6.07, 6.45) is 2.92. The molecule has 0 spiro atoms. The van der Waals surface area contributed by atoms with Crippen molar-refractivity contribution in [2.24, 2.45) is 0 Å². The van der Waals surface area contributed by atoms with Gasteiger partial charge in [0, 0.05) is 41.6 Å². The zero-order valence-electron chi connectivity index (χ0n) is 23.3. The molecular formula is C32H32ClFN4O3. The van der Waals surface area contributed by atoms with Crippen molar-refractivity contribution in [1.29, 1.82) is 0 Å². The second-order valence-electron chi connectivity index (χ2n) is 10.4. The Balaban J connectivity index is 1.84. The largest absolute Gasteiger partial charge is 0.507 e. The normalized spacial score (nSPS) is 15.4. The molecule has 1 aliphatic heterocycles. The molecule has 0 unspecified atom stereocenters. The highest BCUT2D eigenvalue weighted by Gasteiger charge is 2.30. The molecule has 1 aliphatic rings. The Bertz CT molecular complexity index is 1710. The molecule has 5 rings (SSSR count). The Hall–Kier alpha value is -4.17. The molecule has 0 bridgehead atoms. The summed E-state index contributed by atoms with van der Waals surface area (Å²) in [6.45, 7) is 10.7. The van der Waals surface area contributed by atoms with Crippen molar-refractivity contribution < 1.29 is 14.3 Å². The minimum absolute atomic E-state index is 0.0268. The van der Waals surface area contributed by atoms with Gasteiger partial charge in [-0.15, -0.1) is 0 Å². The molecule has 212 valence electrons. The van der Waals surface area contributed by atoms with E-state index in [1.165, 1.54) is 24.3 Å². The Morgan fingerprint density at radius 1 is 1.20 bits per heavy atom. The summed E-state index contributed by atoms with van der Waals surface area (Å²) in [4.78, 5) is 34.6. The number of phenols is 1. The first kappa shape index (κ1) is 28.4. The van der Waals surface area contributed by atoms with E-state index in [9.17, 15) is 14.7 Å². The van der Waals surface area contributed by atoms with Crippen molar-refractivity contribution in [2.75, 3.05) is 24.5 Å². The van der Waals surface area contributed by atoms with Gasteiger partial charge in [0.15, 0.2) is 0 Å². The summed E-state index contributed by atoms with van der Waals surface area (Å²) in [5.74, 6) is -0.576. The predicted octanol–water partition coefficient (Wildman–Crippen LogP) is 6.03. The van der Waals surface area contributed by atoms with E-state index in [1.54, 1.807) is 22.5 Å². The fourth-order valence-electron chi connectivity index (χ4n) is 5.84. The molecular weight excluding hydrogens is 543 g/mol. The minimum Gasteiger partial charge on any atom is -0.507 e. The second-order valence-corrected chi connectivity index (χ2v) is 10.8. The van der Waals surface area contributed by atoms with Crippen LogP contribution in [0.25, 0.3) is 27.7 Å². The summed E-state index contributed by atoms with van der Waals surface area (Å²) >= 11 is 6.86. The molecule has 1 fully saturated rings. The maximum absolute atomic E-state index is 15.2. The van der Waals surface area contributed by atoms with Crippen LogP contribution in [0.3, 0.4) is 0 Å². The van der Waals surface area contributed by atoms with E-state index in [1.807, 2.05) is 36.1 Å². The Morgan fingerprint density at radius 3 is 2.63 bits per heavy atom. The average molecular weight is 575 g/mol. The number of benzene rings is 3. The summed E-state index contributed by atoms with van der Waals surface area (Å²) < 4.78 is 16.7. The maximum atomic E-state index is 15.2. The fourth-order valence-corrected chi connectivity index (χ4v) is 6.19. The van der Waals surface area contributed by atoms with Gasteiger partial charge in [-0.3, -0.25) is 9.36 Å². The lowest BCUT2D eigenvalue weighted by Gasteiger charge is -2.40. The number of carbonyl (C=O) groups is 1. The minimum atomic E-state index is -0.625. The van der Waals surface area contributed by atoms with E-state index in [0.717, 1.165) is 18.4 Å². The molecule has 41 heavy (non-hydrogen) atoms. The maximum Gasteiger partial charge on any atom is 0.354 e. The van der Waals surface area contributed by atoms with E-state index in [2.05, 4.69) is 18.5 Å². The van der Waals surface area contributed by atoms with Gasteiger partial charge in [0.25, 0.3) is 0 Å². The molecule has 1 saturated heterocycles. The zero-order valence-corrected chi connectivity index (χ0v) is 24.1. The number of anilines is 1. The first-order valence-electron chi connectivity index (χ1n) is 13.7. The monoisotopic (exact) mass is 574 g/mol. The van der Waals surface area contributed by atoms with Crippen LogP contribution in [0.1, 0.15) is 31.4 Å². The number of rotatable bonds is 6. The zero-order chi connectivity index (χ0) is 29.4. The van der Waals surface area contributed by atoms with Crippen LogP contribution in [0.15, 0.2) is 66.0 Å². The number of para-hydroxylation sites is 1. The number of hydrogen-bond donors (Lipinski definition) is 1. The summed E-state index contributed by atoms with van der Waals surface area (Å²) in [5, 5.41) is 11.5. The van der Waals surface area contributed by atoms with Gasteiger partial charge >= 0.3 is 5.69 Å². The topological polar surface area (TPSA) is 78.7 Å². The predicted molar refractivity (Wildman–Crippen MR) is 162 cm³/mol. The molecule has 0 saturated carbocycles. The van der Waals surface area contributed by atoms with Gasteiger partial charge in [-0.05, 0) is 61.7 Å². The third-order valence-corrected chi connectivity index (χ3v) is 8.03. The number of aromatic nitrogens is 2. The summed E-state index contributed by atoms with van der Waals surface area (Å²) in [7, 11) is 0. The van der Waals surface area contributed by atoms with E-state index in [4.69, 9.17) is 11.6 Å². The van der Waals surface area contributed by atoms with Crippen molar-refractivity contribution in [3.05, 3.63) is 93.6 Å². The van der Waals surface area contributed by atoms with Crippen molar-refractivity contribution in [3.63, 3.8) is 0 Å². The highest BCUT2D eigenvalue weighted by atomic mass is 35.5. The van der Waals surface area contributed by atoms with Crippen molar-refractivity contribution in [2.45, 2.75) is 39.7 Å². The molecule has 0 aliphatic carbocycles. The molecule has 1 N–H and O–H groups in total. The van der Waals surface area contributed by atoms with Crippen LogP contribution >= 0.6 is 11.6 Å². The van der Waals surface area contributed by atoms with Gasteiger partial charge in [0.05, 0.1) is 16.8 Å². The lowest BCUT2D eigenvalue weighted by molar-refractivity contribution is -0.126. The molecule has 2 heterocycles. The van der Waals surface area contributed by atoms with Crippen LogP contribution < -0.4 is 10.6 Å². The third kappa shape index (κ3) is 4.97. The van der Waals surface area contributed by atoms with Crippen LogP contribution in [0.2, 0.25) is 5.02 Å². The number of nitrogens with zero attached hydrogens (tertiary/aromatic N) is 4. The quantitative estimate of drug-likeness (QED) is 0.284. The standard InChI is InChI=1S/C32H32ClFN4O3/c1-5-10-21-11-7-8-13-25(21)38-30-20(4)28(29-24(34)12-9-14-26(29)39)23(33)17-22(30)31(35-32(38)41)37-16-15-36(18-19(37)3)27(40)6-2/h6-9,11-14,17,19,39H,2,5,10,15-16,18H2,1,3-4H3/t19-/m0/s1. The second kappa shape index (κ2) is 11.4. The van der Waals surface area contributed by atoms with E-state index in [-0.39, 0.29) is 28.3 Å². The van der Waals surface area contributed by atoms with Crippen LogP contribution in [-0.4, -0.2) is 51.1 Å². The SMILES string of the molecule is C=CC(=O)N1CCN(c2nc(=O)n(-c3ccccc3CCC)c3c(C)c(-c4c(O)cccc4F)c(Cl)cc23)[C@@H](C)C1. The number of piperazine rings is 1. The van der Waals surface area contributed by atoms with Crippen LogP contribution in [0, 0.1) is 12.7 Å². The first-order valence-corrected chi connectivity index (χ1v) is 14.1. The molecule has 9 heteroatoms. The summed E-state index contributed by atoms with van der Waals surface area (Å²) in [5.41, 5.74) is 2.52. The van der Waals surface area contributed by atoms with Crippen LogP contribution in [-0.2, 0) is 11.2 Å². The smallest absolute Gasteiger partial charge is 0.354 e. The van der Waals surface area contributed by atoms with Gasteiger partial charge < -0.3 is 14.9 Å². The first-order chi connectivity index (χ1) is 19.7. The van der Waals surface area contributed by atoms with Gasteiger partial charge in [-0.25, -0.2) is 9.18 Å². The van der Waals surface area contributed by atoms with Crippen LogP contribution in [0.4, 0.5) is 10.2 Å². The highest BCUT2D eigenvalue weighted by Crippen LogP contribution is 2.43. The highest BCUT2D eigenvalue weighted by molar-refractivity contribution is 6.35. The lowest BCUT2D eigenvalue weighted by Crippen LogP contribution is -2.54. The molecule has 1 atom stereocenters. The number of halogens is 2. The van der Waals surface area contributed by atoms with Crippen molar-refractivity contribution >= 4 is 34.2 Å². The fraction of sp³-hybridized carbons (Fsp3) is 0.281. The molecule has 4 aromatic rings. The van der Waals surface area contributed by atoms with Gasteiger partial charge in [-0.1, -0.05) is 55.8 Å². The number of carbonyl (C=O) groups excluding carboxylic acids is 1. The van der Waals surface area contributed by atoms with Crippen molar-refractivity contribution in [1.82, 2.24) is 14.5 Å². The Kier molecular flexibility index (Phi) is 7.87. The number of phenolic OH excluding ortho intramolecular Hbond substituents is 1. The molecule has 1 amide bonds. The van der Waals surface area contributed by atoms with Crippen molar-refractivity contribution in [3.8, 4) is 22.6 Å². The number of hydrogen-bond acceptors (Lipinski definition) is 5. The number of amides is 1. The number of aromatic hydroxyl groups is 1. The van der Waals surface area contributed by atoms with Crippen LogP contribution in [0.5, 0.6) is 5.75 Å². The Labute approximate surface area is 243 Å². The molecule has 7 nitrogen and oxygen atoms in total. The van der Waals surface area contributed by atoms with E-state index >= 15 is 4.39 Å². The number of aryl methyl sites for hydroxylation is 2. The van der Waals surface area contributed by atoms with Gasteiger partial charge in [0.1, 0.15) is 17.4 Å². The van der Waals surface area contributed by atoms with Gasteiger partial charge in [0.2, 0.25) is 5.91 Å². The molecule has 1 aromatic heterocycles. The Morgan fingerprint density at radius 2 is 1.95 bits per heavy atom. The summed E-state index contributed by atoms with van der Waals surface area (Å²) in [6, 6.07) is 13.3. The molecule has 0 radical (unpaired) electrons. The lowest BCUT2D eigenvalue weighted by atomic mass is 9.95. The number of fused-ring (bicyclic) bond motifs is 1. The van der Waals surface area contributed by atoms with E-state index in [0.29, 0.717) is 53.2 Å². The molecule has 3 aromatic carbocycles.